The van der Waals surface area contributed by atoms with Crippen LogP contribution in [0.4, 0.5) is 0 Å². The second-order valence-electron chi connectivity index (χ2n) is 6.39. The Kier molecular flexibility index (Phi) is 3.46. The summed E-state index contributed by atoms with van der Waals surface area (Å²) in [4.78, 5) is 18.4. The van der Waals surface area contributed by atoms with E-state index in [9.17, 15) is 4.79 Å². The Morgan fingerprint density at radius 2 is 2.00 bits per heavy atom. The molecule has 0 saturated heterocycles. The standard InChI is InChI=1S/C19H19N3O/c1-14-6-7-18-20-17(10-19(23)22(18)11-14)13-21-9-8-15-4-2-3-5-16(15)12-21/h2-7,10-11H,8-9,12-13H2,1H3/p+1. The molecule has 4 nitrogen and oxygen atoms in total. The summed E-state index contributed by atoms with van der Waals surface area (Å²) in [7, 11) is 0. The molecule has 4 rings (SSSR count). The van der Waals surface area contributed by atoms with Gasteiger partial charge in [-0.2, -0.15) is 0 Å². The van der Waals surface area contributed by atoms with Gasteiger partial charge in [0.2, 0.25) is 0 Å². The van der Waals surface area contributed by atoms with Crippen molar-refractivity contribution in [3.05, 3.63) is 81.4 Å². The smallest absolute Gasteiger partial charge is 0.258 e. The molecule has 0 spiro atoms. The van der Waals surface area contributed by atoms with Crippen molar-refractivity contribution in [1.82, 2.24) is 9.38 Å². The third kappa shape index (κ3) is 2.78. The van der Waals surface area contributed by atoms with Crippen LogP contribution in [-0.2, 0) is 19.5 Å². The van der Waals surface area contributed by atoms with Gasteiger partial charge < -0.3 is 4.90 Å². The molecular formula is C19H20N3O+. The summed E-state index contributed by atoms with van der Waals surface area (Å²) in [5, 5.41) is 0. The summed E-state index contributed by atoms with van der Waals surface area (Å²) in [6, 6.07) is 14.2. The van der Waals surface area contributed by atoms with Gasteiger partial charge in [-0.25, -0.2) is 4.98 Å². The van der Waals surface area contributed by atoms with E-state index in [0.29, 0.717) is 0 Å². The fourth-order valence-electron chi connectivity index (χ4n) is 3.40. The molecule has 4 heteroatoms. The molecule has 2 aromatic heterocycles. The zero-order chi connectivity index (χ0) is 15.8. The van der Waals surface area contributed by atoms with E-state index in [1.807, 2.05) is 25.3 Å². The van der Waals surface area contributed by atoms with Crippen LogP contribution in [0.2, 0.25) is 0 Å². The second kappa shape index (κ2) is 5.63. The minimum Gasteiger partial charge on any atom is -0.326 e. The van der Waals surface area contributed by atoms with E-state index in [4.69, 9.17) is 0 Å². The molecule has 0 aliphatic carbocycles. The van der Waals surface area contributed by atoms with Crippen LogP contribution >= 0.6 is 0 Å². The number of aromatic nitrogens is 2. The van der Waals surface area contributed by atoms with Crippen LogP contribution < -0.4 is 10.5 Å². The fourth-order valence-corrected chi connectivity index (χ4v) is 3.40. The lowest BCUT2D eigenvalue weighted by Gasteiger charge is -2.25. The predicted octanol–water partition coefficient (Wildman–Crippen LogP) is 1.14. The molecule has 3 aromatic rings. The minimum absolute atomic E-state index is 0.00510. The number of hydrogen-bond acceptors (Lipinski definition) is 2. The highest BCUT2D eigenvalue weighted by atomic mass is 16.1. The zero-order valence-corrected chi connectivity index (χ0v) is 13.2. The highest BCUT2D eigenvalue weighted by Gasteiger charge is 2.20. The summed E-state index contributed by atoms with van der Waals surface area (Å²) in [6.07, 6.45) is 2.94. The number of aryl methyl sites for hydroxylation is 1. The minimum atomic E-state index is 0.00510. The SMILES string of the molecule is Cc1ccc2nc(C[NH+]3CCc4ccccc4C3)cc(=O)n2c1. The van der Waals surface area contributed by atoms with E-state index in [0.717, 1.165) is 43.0 Å². The van der Waals surface area contributed by atoms with Gasteiger partial charge in [0.05, 0.1) is 6.54 Å². The summed E-state index contributed by atoms with van der Waals surface area (Å²) in [5.74, 6) is 0. The lowest BCUT2D eigenvalue weighted by atomic mass is 10.00. The van der Waals surface area contributed by atoms with Crippen molar-refractivity contribution in [1.29, 1.82) is 0 Å². The molecule has 1 atom stereocenters. The third-order valence-corrected chi connectivity index (χ3v) is 4.60. The van der Waals surface area contributed by atoms with Gasteiger partial charge in [0.15, 0.2) is 0 Å². The number of benzene rings is 1. The Morgan fingerprint density at radius 1 is 1.17 bits per heavy atom. The molecule has 116 valence electrons. The number of rotatable bonds is 2. The van der Waals surface area contributed by atoms with Gasteiger partial charge in [0.25, 0.3) is 5.56 Å². The molecule has 0 fully saturated rings. The average Bonchev–Trinajstić information content (AvgIpc) is 2.55. The Morgan fingerprint density at radius 3 is 2.87 bits per heavy atom. The van der Waals surface area contributed by atoms with Crippen LogP contribution in [-0.4, -0.2) is 15.9 Å². The molecule has 1 aliphatic heterocycles. The van der Waals surface area contributed by atoms with Crippen molar-refractivity contribution < 1.29 is 4.90 Å². The van der Waals surface area contributed by atoms with Crippen molar-refractivity contribution in [3.63, 3.8) is 0 Å². The molecule has 0 saturated carbocycles. The van der Waals surface area contributed by atoms with Crippen molar-refractivity contribution in [2.24, 2.45) is 0 Å². The van der Waals surface area contributed by atoms with Gasteiger partial charge in [-0.05, 0) is 24.1 Å². The summed E-state index contributed by atoms with van der Waals surface area (Å²) >= 11 is 0. The van der Waals surface area contributed by atoms with Crippen molar-refractivity contribution in [3.8, 4) is 0 Å². The molecule has 23 heavy (non-hydrogen) atoms. The van der Waals surface area contributed by atoms with Crippen molar-refractivity contribution in [2.75, 3.05) is 6.54 Å². The lowest BCUT2D eigenvalue weighted by Crippen LogP contribution is -3.10. The first-order chi connectivity index (χ1) is 11.2. The third-order valence-electron chi connectivity index (χ3n) is 4.60. The van der Waals surface area contributed by atoms with Gasteiger partial charge in [-0.1, -0.05) is 30.3 Å². The van der Waals surface area contributed by atoms with E-state index < -0.39 is 0 Å². The predicted molar refractivity (Wildman–Crippen MR) is 89.6 cm³/mol. The van der Waals surface area contributed by atoms with Gasteiger partial charge >= 0.3 is 0 Å². The maximum atomic E-state index is 12.3. The van der Waals surface area contributed by atoms with Crippen LogP contribution in [0.3, 0.4) is 0 Å². The number of pyridine rings is 1. The van der Waals surface area contributed by atoms with E-state index in [1.165, 1.54) is 16.0 Å². The van der Waals surface area contributed by atoms with Gasteiger partial charge in [-0.3, -0.25) is 9.20 Å². The molecule has 1 aliphatic rings. The van der Waals surface area contributed by atoms with Crippen molar-refractivity contribution in [2.45, 2.75) is 26.4 Å². The maximum absolute atomic E-state index is 12.3. The Hall–Kier alpha value is -2.46. The highest BCUT2D eigenvalue weighted by Crippen LogP contribution is 2.10. The summed E-state index contributed by atoms with van der Waals surface area (Å²) < 4.78 is 1.62. The largest absolute Gasteiger partial charge is 0.326 e. The van der Waals surface area contributed by atoms with Gasteiger partial charge in [0.1, 0.15) is 24.4 Å². The molecule has 3 heterocycles. The number of quaternary nitrogens is 1. The molecule has 0 bridgehead atoms. The average molecular weight is 306 g/mol. The molecule has 1 N–H and O–H groups in total. The number of nitrogens with one attached hydrogen (secondary N) is 1. The number of hydrogen-bond donors (Lipinski definition) is 1. The van der Waals surface area contributed by atoms with Crippen molar-refractivity contribution >= 4 is 5.65 Å². The Balaban J connectivity index is 1.61. The van der Waals surface area contributed by atoms with E-state index in [2.05, 4.69) is 29.2 Å². The number of fused-ring (bicyclic) bond motifs is 2. The maximum Gasteiger partial charge on any atom is 0.258 e. The molecule has 0 radical (unpaired) electrons. The van der Waals surface area contributed by atoms with E-state index in [1.54, 1.807) is 10.5 Å². The first-order valence-corrected chi connectivity index (χ1v) is 8.08. The molecule has 1 unspecified atom stereocenters. The Labute approximate surface area is 135 Å². The highest BCUT2D eigenvalue weighted by molar-refractivity contribution is 5.39. The van der Waals surface area contributed by atoms with Crippen LogP contribution in [0.5, 0.6) is 0 Å². The molecule has 0 amide bonds. The monoisotopic (exact) mass is 306 g/mol. The lowest BCUT2D eigenvalue weighted by molar-refractivity contribution is -0.929. The number of nitrogens with zero attached hydrogens (tertiary/aromatic N) is 2. The first kappa shape index (κ1) is 14.2. The second-order valence-corrected chi connectivity index (χ2v) is 6.39. The summed E-state index contributed by atoms with van der Waals surface area (Å²) in [6.45, 7) is 4.88. The van der Waals surface area contributed by atoms with Gasteiger partial charge in [0, 0.05) is 24.2 Å². The Bertz CT molecular complexity index is 929. The van der Waals surface area contributed by atoms with Crippen LogP contribution in [0.15, 0.2) is 53.5 Å². The quantitative estimate of drug-likeness (QED) is 0.771. The zero-order valence-electron chi connectivity index (χ0n) is 13.2. The molecular weight excluding hydrogens is 286 g/mol. The summed E-state index contributed by atoms with van der Waals surface area (Å²) in [5.41, 5.74) is 5.56. The normalized spacial score (nSPS) is 17.2. The van der Waals surface area contributed by atoms with Crippen LogP contribution in [0.1, 0.15) is 22.4 Å². The fraction of sp³-hybridized carbons (Fsp3) is 0.263. The molecule has 1 aromatic carbocycles. The van der Waals surface area contributed by atoms with Gasteiger partial charge in [-0.15, -0.1) is 0 Å². The van der Waals surface area contributed by atoms with E-state index in [-0.39, 0.29) is 5.56 Å². The van der Waals surface area contributed by atoms with Crippen LogP contribution in [0, 0.1) is 6.92 Å². The first-order valence-electron chi connectivity index (χ1n) is 8.08. The van der Waals surface area contributed by atoms with Crippen LogP contribution in [0.25, 0.3) is 5.65 Å². The topological polar surface area (TPSA) is 38.8 Å². The van der Waals surface area contributed by atoms with E-state index >= 15 is 0 Å².